The fourth-order valence-electron chi connectivity index (χ4n) is 4.26. The van der Waals surface area contributed by atoms with Gasteiger partial charge in [-0.2, -0.15) is 0 Å². The van der Waals surface area contributed by atoms with E-state index < -0.39 is 12.0 Å². The standard InChI is InChI=1S/C25H34N2O4/c28-23(26-17-19-10-4-1-5-11-19)16-21-14-8-3-9-15-24(29)31-22(18-27-25(21)30)20-12-6-2-7-13-20/h2-3,6-8,12-13,19,21-22H,1,4-5,9-11,14-18H2,(H,26,28)(H,27,30)/b8-3+/t21-,22?/m0/s1. The maximum Gasteiger partial charge on any atom is 0.306 e. The molecule has 6 nitrogen and oxygen atoms in total. The number of esters is 1. The van der Waals surface area contributed by atoms with Gasteiger partial charge in [0, 0.05) is 19.4 Å². The van der Waals surface area contributed by atoms with Crippen LogP contribution in [0.3, 0.4) is 0 Å². The van der Waals surface area contributed by atoms with Crippen LogP contribution in [0.15, 0.2) is 42.5 Å². The van der Waals surface area contributed by atoms with E-state index in [1.807, 2.05) is 42.5 Å². The van der Waals surface area contributed by atoms with Crippen LogP contribution in [0, 0.1) is 11.8 Å². The molecule has 1 aliphatic carbocycles. The summed E-state index contributed by atoms with van der Waals surface area (Å²) in [5, 5.41) is 5.94. The maximum atomic E-state index is 12.9. The molecule has 1 saturated carbocycles. The van der Waals surface area contributed by atoms with Gasteiger partial charge in [0.1, 0.15) is 6.10 Å². The predicted octanol–water partition coefficient (Wildman–Crippen LogP) is 3.83. The molecule has 2 amide bonds. The van der Waals surface area contributed by atoms with Crippen LogP contribution in [0.1, 0.15) is 69.5 Å². The molecule has 1 aliphatic heterocycles. The van der Waals surface area contributed by atoms with Gasteiger partial charge in [-0.3, -0.25) is 14.4 Å². The average molecular weight is 427 g/mol. The number of amides is 2. The maximum absolute atomic E-state index is 12.9. The van der Waals surface area contributed by atoms with Gasteiger partial charge in [0.05, 0.1) is 12.5 Å². The summed E-state index contributed by atoms with van der Waals surface area (Å²) in [5.41, 5.74) is 0.838. The summed E-state index contributed by atoms with van der Waals surface area (Å²) in [6.07, 6.45) is 10.9. The minimum atomic E-state index is -0.540. The molecule has 0 saturated heterocycles. The Hall–Kier alpha value is -2.63. The van der Waals surface area contributed by atoms with Crippen molar-refractivity contribution in [3.63, 3.8) is 0 Å². The van der Waals surface area contributed by atoms with Gasteiger partial charge in [0.25, 0.3) is 0 Å². The van der Waals surface area contributed by atoms with E-state index in [-0.39, 0.29) is 30.7 Å². The molecule has 1 aromatic rings. The Morgan fingerprint density at radius 2 is 1.84 bits per heavy atom. The molecule has 1 aromatic carbocycles. The quantitative estimate of drug-likeness (QED) is 0.554. The largest absolute Gasteiger partial charge is 0.456 e. The van der Waals surface area contributed by atoms with Gasteiger partial charge >= 0.3 is 5.97 Å². The molecule has 1 unspecified atom stereocenters. The van der Waals surface area contributed by atoms with Crippen LogP contribution in [0.4, 0.5) is 0 Å². The molecule has 1 fully saturated rings. The SMILES string of the molecule is O=C(C[C@@H]1C/C=C/CCC(=O)OC(c2ccccc2)CNC1=O)NCC1CCCCC1. The summed E-state index contributed by atoms with van der Waals surface area (Å²) in [5.74, 6) is -0.419. The van der Waals surface area contributed by atoms with Crippen molar-refractivity contribution < 1.29 is 19.1 Å². The monoisotopic (exact) mass is 426 g/mol. The molecule has 0 aromatic heterocycles. The third-order valence-corrected chi connectivity index (χ3v) is 6.12. The smallest absolute Gasteiger partial charge is 0.306 e. The number of hydrogen-bond donors (Lipinski definition) is 2. The van der Waals surface area contributed by atoms with Gasteiger partial charge in [0.2, 0.25) is 11.8 Å². The summed E-state index contributed by atoms with van der Waals surface area (Å²) in [6.45, 7) is 0.896. The Bertz CT molecular complexity index is 756. The van der Waals surface area contributed by atoms with Gasteiger partial charge in [-0.05, 0) is 37.2 Å². The first-order chi connectivity index (χ1) is 15.1. The lowest BCUT2D eigenvalue weighted by Gasteiger charge is -2.23. The molecule has 3 rings (SSSR count). The number of carbonyl (C=O) groups is 3. The Balaban J connectivity index is 1.59. The van der Waals surface area contributed by atoms with Gasteiger partial charge in [-0.1, -0.05) is 61.7 Å². The minimum Gasteiger partial charge on any atom is -0.456 e. The van der Waals surface area contributed by atoms with E-state index in [1.54, 1.807) is 0 Å². The second kappa shape index (κ2) is 12.3. The zero-order valence-corrected chi connectivity index (χ0v) is 18.2. The molecular weight excluding hydrogens is 392 g/mol. The fourth-order valence-corrected chi connectivity index (χ4v) is 4.26. The van der Waals surface area contributed by atoms with Gasteiger partial charge in [-0.15, -0.1) is 0 Å². The van der Waals surface area contributed by atoms with E-state index in [0.717, 1.165) is 5.56 Å². The molecule has 0 bridgehead atoms. The van der Waals surface area contributed by atoms with E-state index in [1.165, 1.54) is 32.1 Å². The number of rotatable bonds is 5. The second-order valence-electron chi connectivity index (χ2n) is 8.59. The third-order valence-electron chi connectivity index (χ3n) is 6.12. The lowest BCUT2D eigenvalue weighted by molar-refractivity contribution is -0.150. The van der Waals surface area contributed by atoms with Crippen molar-refractivity contribution in [3.8, 4) is 0 Å². The molecular formula is C25H34N2O4. The van der Waals surface area contributed by atoms with Gasteiger partial charge < -0.3 is 15.4 Å². The van der Waals surface area contributed by atoms with Crippen molar-refractivity contribution in [1.29, 1.82) is 0 Å². The Labute approximate surface area is 184 Å². The topological polar surface area (TPSA) is 84.5 Å². The van der Waals surface area contributed by atoms with E-state index in [9.17, 15) is 14.4 Å². The summed E-state index contributed by atoms with van der Waals surface area (Å²) in [6, 6.07) is 9.41. The number of cyclic esters (lactones) is 1. The Kier molecular flexibility index (Phi) is 9.13. The van der Waals surface area contributed by atoms with E-state index in [2.05, 4.69) is 10.6 Å². The zero-order valence-electron chi connectivity index (χ0n) is 18.2. The molecule has 31 heavy (non-hydrogen) atoms. The van der Waals surface area contributed by atoms with Gasteiger partial charge in [-0.25, -0.2) is 0 Å². The first-order valence-electron chi connectivity index (χ1n) is 11.6. The normalized spacial score (nSPS) is 24.8. The van der Waals surface area contributed by atoms with Crippen LogP contribution in [-0.4, -0.2) is 30.9 Å². The summed E-state index contributed by atoms with van der Waals surface area (Å²) in [7, 11) is 0. The van der Waals surface area contributed by atoms with Crippen molar-refractivity contribution in [3.05, 3.63) is 48.0 Å². The van der Waals surface area contributed by atoms with Crippen LogP contribution in [-0.2, 0) is 19.1 Å². The minimum absolute atomic E-state index is 0.0720. The van der Waals surface area contributed by atoms with Crippen molar-refractivity contribution in [2.24, 2.45) is 11.8 Å². The number of carbonyl (C=O) groups excluding carboxylic acids is 3. The van der Waals surface area contributed by atoms with E-state index >= 15 is 0 Å². The number of allylic oxidation sites excluding steroid dienone is 2. The molecule has 168 valence electrons. The summed E-state index contributed by atoms with van der Waals surface area (Å²) in [4.78, 5) is 37.5. The van der Waals surface area contributed by atoms with Crippen molar-refractivity contribution in [2.75, 3.05) is 13.1 Å². The first-order valence-corrected chi connectivity index (χ1v) is 11.6. The van der Waals surface area contributed by atoms with E-state index in [4.69, 9.17) is 4.74 Å². The van der Waals surface area contributed by atoms with Gasteiger partial charge in [0.15, 0.2) is 0 Å². The predicted molar refractivity (Wildman–Crippen MR) is 119 cm³/mol. The van der Waals surface area contributed by atoms with Crippen LogP contribution >= 0.6 is 0 Å². The summed E-state index contributed by atoms with van der Waals surface area (Å²) >= 11 is 0. The fraction of sp³-hybridized carbons (Fsp3) is 0.560. The molecule has 2 atom stereocenters. The molecule has 2 aliphatic rings. The van der Waals surface area contributed by atoms with Crippen LogP contribution in [0.25, 0.3) is 0 Å². The number of ether oxygens (including phenoxy) is 1. The number of hydrogen-bond acceptors (Lipinski definition) is 4. The highest BCUT2D eigenvalue weighted by molar-refractivity contribution is 5.86. The highest BCUT2D eigenvalue weighted by Gasteiger charge is 2.24. The molecule has 0 radical (unpaired) electrons. The molecule has 2 N–H and O–H groups in total. The lowest BCUT2D eigenvalue weighted by atomic mass is 9.89. The van der Waals surface area contributed by atoms with Crippen LogP contribution in [0.5, 0.6) is 0 Å². The molecule has 0 spiro atoms. The van der Waals surface area contributed by atoms with Crippen molar-refractivity contribution in [2.45, 2.75) is 63.9 Å². The highest BCUT2D eigenvalue weighted by Crippen LogP contribution is 2.23. The highest BCUT2D eigenvalue weighted by atomic mass is 16.5. The van der Waals surface area contributed by atoms with Crippen molar-refractivity contribution >= 4 is 17.8 Å². The molecule has 1 heterocycles. The number of nitrogens with one attached hydrogen (secondary N) is 2. The lowest BCUT2D eigenvalue weighted by Crippen LogP contribution is -2.38. The van der Waals surface area contributed by atoms with Crippen LogP contribution in [0.2, 0.25) is 0 Å². The third kappa shape index (κ3) is 7.85. The van der Waals surface area contributed by atoms with E-state index in [0.29, 0.717) is 31.7 Å². The summed E-state index contributed by atoms with van der Waals surface area (Å²) < 4.78 is 5.61. The Morgan fingerprint density at radius 3 is 2.61 bits per heavy atom. The Morgan fingerprint density at radius 1 is 1.06 bits per heavy atom. The van der Waals surface area contributed by atoms with Crippen LogP contribution < -0.4 is 10.6 Å². The first kappa shape index (κ1) is 23.0. The molecule has 6 heteroatoms. The zero-order chi connectivity index (χ0) is 21.9. The van der Waals surface area contributed by atoms with Crippen molar-refractivity contribution in [1.82, 2.24) is 10.6 Å². The number of benzene rings is 1. The average Bonchev–Trinajstić information content (AvgIpc) is 2.79. The second-order valence-corrected chi connectivity index (χ2v) is 8.59.